The van der Waals surface area contributed by atoms with Crippen molar-refractivity contribution < 1.29 is 34.5 Å². The van der Waals surface area contributed by atoms with Crippen molar-refractivity contribution in [1.29, 1.82) is 0 Å². The fraction of sp³-hybridized carbons (Fsp3) is 0.769. The second-order valence-electron chi connectivity index (χ2n) is 11.4. The number of carbonyl (C=O) groups is 3. The molecule has 4 N–H and O–H groups in total. The van der Waals surface area contributed by atoms with Gasteiger partial charge in [-0.05, 0) is 87.5 Å². The van der Waals surface area contributed by atoms with Crippen LogP contribution >= 0.6 is 0 Å². The van der Waals surface area contributed by atoms with Crippen LogP contribution in [0, 0.1) is 28.6 Å². The van der Waals surface area contributed by atoms with Gasteiger partial charge in [0.2, 0.25) is 0 Å². The van der Waals surface area contributed by atoms with Crippen LogP contribution in [-0.4, -0.2) is 63.5 Å². The summed E-state index contributed by atoms with van der Waals surface area (Å²) < 4.78 is 0. The standard InChI is InChI=1S/C26H38N2O7/c1-15(30)26(34)11-8-20-18-5-4-16-12-17(28-35-14-22(31)27-21(13-29)23(32)33)6-9-24(16,2)19(18)7-10-25(20,26)3/h12,18-21,29,34H,4-11,13-14H2,1-3H3,(H,27,31)(H,32,33)/b28-17-/t18-,19+,20+,21+,24+,25+,26+/m1/s1. The molecule has 0 saturated heterocycles. The highest BCUT2D eigenvalue weighted by Crippen LogP contribution is 2.67. The Kier molecular flexibility index (Phi) is 6.87. The Morgan fingerprint density at radius 3 is 2.51 bits per heavy atom. The Bertz CT molecular complexity index is 961. The summed E-state index contributed by atoms with van der Waals surface area (Å²) in [6.45, 7) is 4.90. The number of carboxylic acid groups (broad SMARTS) is 1. The van der Waals surface area contributed by atoms with E-state index < -0.39 is 36.7 Å². The van der Waals surface area contributed by atoms with Gasteiger partial charge in [-0.25, -0.2) is 4.79 Å². The van der Waals surface area contributed by atoms with E-state index in [4.69, 9.17) is 15.1 Å². The summed E-state index contributed by atoms with van der Waals surface area (Å²) in [7, 11) is 0. The fourth-order valence-electron chi connectivity index (χ4n) is 7.83. The number of ketones is 1. The van der Waals surface area contributed by atoms with Gasteiger partial charge in [0, 0.05) is 5.41 Å². The molecule has 0 bridgehead atoms. The molecule has 194 valence electrons. The first kappa shape index (κ1) is 25.8. The number of fused-ring (bicyclic) bond motifs is 5. The molecule has 4 aliphatic carbocycles. The Labute approximate surface area is 206 Å². The van der Waals surface area contributed by atoms with Crippen LogP contribution in [0.4, 0.5) is 0 Å². The number of nitrogens with one attached hydrogen (secondary N) is 1. The number of allylic oxidation sites excluding steroid dienone is 2. The first-order valence-corrected chi connectivity index (χ1v) is 12.7. The average molecular weight is 491 g/mol. The molecule has 1 amide bonds. The molecular formula is C26H38N2O7. The predicted molar refractivity (Wildman–Crippen MR) is 127 cm³/mol. The Balaban J connectivity index is 1.43. The van der Waals surface area contributed by atoms with Crippen LogP contribution in [-0.2, 0) is 19.2 Å². The minimum Gasteiger partial charge on any atom is -0.480 e. The van der Waals surface area contributed by atoms with Gasteiger partial charge in [0.1, 0.15) is 11.6 Å². The summed E-state index contributed by atoms with van der Waals surface area (Å²) in [5.41, 5.74) is 0.632. The molecule has 3 saturated carbocycles. The van der Waals surface area contributed by atoms with Crippen molar-refractivity contribution in [1.82, 2.24) is 5.32 Å². The van der Waals surface area contributed by atoms with Gasteiger partial charge in [-0.2, -0.15) is 0 Å². The molecule has 0 aromatic rings. The topological polar surface area (TPSA) is 146 Å². The summed E-state index contributed by atoms with van der Waals surface area (Å²) >= 11 is 0. The van der Waals surface area contributed by atoms with Gasteiger partial charge in [0.05, 0.1) is 12.3 Å². The maximum Gasteiger partial charge on any atom is 0.328 e. The van der Waals surface area contributed by atoms with E-state index in [0.717, 1.165) is 50.7 Å². The molecule has 0 unspecified atom stereocenters. The number of aliphatic hydroxyl groups excluding tert-OH is 1. The lowest BCUT2D eigenvalue weighted by Crippen LogP contribution is -2.57. The molecule has 9 nitrogen and oxygen atoms in total. The highest BCUT2D eigenvalue weighted by molar-refractivity contribution is 5.96. The van der Waals surface area contributed by atoms with E-state index in [1.165, 1.54) is 12.5 Å². The highest BCUT2D eigenvalue weighted by Gasteiger charge is 2.65. The van der Waals surface area contributed by atoms with Crippen molar-refractivity contribution in [3.05, 3.63) is 11.6 Å². The number of carbonyl (C=O) groups excluding carboxylic acids is 2. The van der Waals surface area contributed by atoms with Gasteiger partial charge in [0.15, 0.2) is 12.4 Å². The number of hydrogen-bond donors (Lipinski definition) is 4. The summed E-state index contributed by atoms with van der Waals surface area (Å²) in [6.07, 6.45) is 9.07. The number of hydrogen-bond acceptors (Lipinski definition) is 7. The normalized spacial score (nSPS) is 40.1. The summed E-state index contributed by atoms with van der Waals surface area (Å²) in [5.74, 6) is -0.696. The Morgan fingerprint density at radius 1 is 1.14 bits per heavy atom. The summed E-state index contributed by atoms with van der Waals surface area (Å²) in [4.78, 5) is 40.4. The molecular weight excluding hydrogens is 452 g/mol. The van der Waals surface area contributed by atoms with Crippen LogP contribution in [0.1, 0.15) is 72.1 Å². The van der Waals surface area contributed by atoms with Crippen LogP contribution in [0.25, 0.3) is 0 Å². The van der Waals surface area contributed by atoms with E-state index in [2.05, 4.69) is 30.4 Å². The zero-order valence-electron chi connectivity index (χ0n) is 20.9. The third kappa shape index (κ3) is 4.20. The fourth-order valence-corrected chi connectivity index (χ4v) is 7.83. The minimum atomic E-state index is -1.37. The van der Waals surface area contributed by atoms with Gasteiger partial charge < -0.3 is 25.5 Å². The van der Waals surface area contributed by atoms with Gasteiger partial charge in [0.25, 0.3) is 5.91 Å². The molecule has 0 heterocycles. The van der Waals surface area contributed by atoms with Crippen molar-refractivity contribution in [2.45, 2.75) is 83.8 Å². The zero-order valence-corrected chi connectivity index (χ0v) is 20.9. The predicted octanol–water partition coefficient (Wildman–Crippen LogP) is 2.20. The number of carboxylic acids is 1. The molecule has 0 spiro atoms. The molecule has 3 fully saturated rings. The first-order valence-electron chi connectivity index (χ1n) is 12.7. The zero-order chi connectivity index (χ0) is 25.6. The first-order chi connectivity index (χ1) is 16.5. The smallest absolute Gasteiger partial charge is 0.328 e. The van der Waals surface area contributed by atoms with Crippen molar-refractivity contribution >= 4 is 23.4 Å². The van der Waals surface area contributed by atoms with Crippen molar-refractivity contribution in [2.75, 3.05) is 13.2 Å². The SMILES string of the molecule is CC(=O)[C@@]1(O)CC[C@H]2[C@@H]3CCC4=C/C(=N\OCC(=O)N[C@@H](CO)C(=O)O)CC[C@]4(C)[C@H]3CC[C@@]21C. The van der Waals surface area contributed by atoms with Crippen LogP contribution in [0.15, 0.2) is 16.8 Å². The number of amides is 1. The van der Waals surface area contributed by atoms with E-state index in [-0.39, 0.29) is 16.6 Å². The lowest BCUT2D eigenvalue weighted by atomic mass is 9.46. The largest absolute Gasteiger partial charge is 0.480 e. The van der Waals surface area contributed by atoms with Crippen LogP contribution in [0.5, 0.6) is 0 Å². The summed E-state index contributed by atoms with van der Waals surface area (Å²) in [5, 5.41) is 35.5. The molecule has 0 aromatic carbocycles. The number of Topliss-reactive ketones (excluding diaryl/α,β-unsaturated/α-hetero) is 1. The van der Waals surface area contributed by atoms with E-state index in [1.807, 2.05) is 0 Å². The Morgan fingerprint density at radius 2 is 1.86 bits per heavy atom. The lowest BCUT2D eigenvalue weighted by molar-refractivity contribution is -0.159. The molecule has 35 heavy (non-hydrogen) atoms. The molecule has 0 aliphatic heterocycles. The van der Waals surface area contributed by atoms with E-state index in [0.29, 0.717) is 24.2 Å². The summed E-state index contributed by atoms with van der Waals surface area (Å²) in [6, 6.07) is -1.37. The van der Waals surface area contributed by atoms with E-state index >= 15 is 0 Å². The maximum atomic E-state index is 12.4. The molecule has 0 radical (unpaired) electrons. The quantitative estimate of drug-likeness (QED) is 0.400. The molecule has 9 heteroatoms. The van der Waals surface area contributed by atoms with Gasteiger partial charge in [-0.1, -0.05) is 24.6 Å². The van der Waals surface area contributed by atoms with Crippen LogP contribution in [0.3, 0.4) is 0 Å². The van der Waals surface area contributed by atoms with E-state index in [1.54, 1.807) is 0 Å². The van der Waals surface area contributed by atoms with Crippen molar-refractivity contribution in [3.8, 4) is 0 Å². The lowest BCUT2D eigenvalue weighted by Gasteiger charge is -2.59. The van der Waals surface area contributed by atoms with Gasteiger partial charge in [-0.15, -0.1) is 0 Å². The maximum absolute atomic E-state index is 12.4. The number of aliphatic carboxylic acids is 1. The number of oxime groups is 1. The van der Waals surface area contributed by atoms with Crippen LogP contribution < -0.4 is 5.32 Å². The highest BCUT2D eigenvalue weighted by atomic mass is 16.6. The second-order valence-corrected chi connectivity index (χ2v) is 11.4. The molecule has 7 atom stereocenters. The number of aliphatic hydroxyl groups is 2. The second kappa shape index (κ2) is 9.32. The average Bonchev–Trinajstić information content (AvgIpc) is 3.09. The minimum absolute atomic E-state index is 0.0490. The van der Waals surface area contributed by atoms with Gasteiger partial charge >= 0.3 is 5.97 Å². The Hall–Kier alpha value is -2.26. The van der Waals surface area contributed by atoms with E-state index in [9.17, 15) is 19.5 Å². The van der Waals surface area contributed by atoms with Crippen LogP contribution in [0.2, 0.25) is 0 Å². The molecule has 4 rings (SSSR count). The number of nitrogens with zero attached hydrogens (tertiary/aromatic N) is 1. The third-order valence-corrected chi connectivity index (χ3v) is 9.90. The molecule has 4 aliphatic rings. The van der Waals surface area contributed by atoms with Gasteiger partial charge in [-0.3, -0.25) is 9.59 Å². The monoisotopic (exact) mass is 490 g/mol. The molecule has 0 aromatic heterocycles. The van der Waals surface area contributed by atoms with Crippen molar-refractivity contribution in [2.24, 2.45) is 33.7 Å². The van der Waals surface area contributed by atoms with Crippen molar-refractivity contribution in [3.63, 3.8) is 0 Å². The number of rotatable bonds is 7. The third-order valence-electron chi connectivity index (χ3n) is 9.90.